The van der Waals surface area contributed by atoms with E-state index in [1.54, 1.807) is 24.3 Å². The fourth-order valence-electron chi connectivity index (χ4n) is 5.70. The second kappa shape index (κ2) is 14.9. The number of alkyl halides is 1. The summed E-state index contributed by atoms with van der Waals surface area (Å²) in [5.74, 6) is -2.93. The highest BCUT2D eigenvalue weighted by Gasteiger charge is 2.42. The average molecular weight is 725 g/mol. The van der Waals surface area contributed by atoms with Gasteiger partial charge in [0.2, 0.25) is 5.91 Å². The summed E-state index contributed by atoms with van der Waals surface area (Å²) in [5, 5.41) is 2.57. The Labute approximate surface area is 294 Å². The molecule has 14 heteroatoms. The number of halogens is 3. The lowest BCUT2D eigenvalue weighted by Crippen LogP contribution is -2.57. The van der Waals surface area contributed by atoms with E-state index in [0.29, 0.717) is 19.5 Å². The van der Waals surface area contributed by atoms with Gasteiger partial charge in [-0.05, 0) is 103 Å². The maximum Gasteiger partial charge on any atom is 0.270 e. The SMILES string of the molecule is CC1(C)/C(=C\C=C\C=C2C(=O)N(c3ccc(F)cc3)C(=S)N(c3ccc(F)cc3)C2=O)N(CCCNC(=O)CCl)c2ccc(S(=O)O)cc21. The summed E-state index contributed by atoms with van der Waals surface area (Å²) in [7, 11) is 0. The number of fused-ring (bicyclic) bond motifs is 1. The number of allylic oxidation sites excluding steroid dienone is 5. The van der Waals surface area contributed by atoms with Gasteiger partial charge in [0, 0.05) is 29.9 Å². The molecule has 2 aliphatic rings. The Balaban J connectivity index is 1.51. The number of nitrogens with zero attached hydrogens (tertiary/aromatic N) is 3. The Bertz CT molecular complexity index is 1860. The molecule has 9 nitrogen and oxygen atoms in total. The van der Waals surface area contributed by atoms with E-state index in [1.165, 1.54) is 60.7 Å². The second-order valence-electron chi connectivity index (χ2n) is 11.6. The Morgan fingerprint density at radius 1 is 0.939 bits per heavy atom. The van der Waals surface area contributed by atoms with Gasteiger partial charge in [0.05, 0.1) is 16.3 Å². The van der Waals surface area contributed by atoms with Gasteiger partial charge in [-0.15, -0.1) is 11.6 Å². The summed E-state index contributed by atoms with van der Waals surface area (Å²) in [6.45, 7) is 4.82. The van der Waals surface area contributed by atoms with E-state index >= 15 is 0 Å². The number of thiocarbonyl (C=S) groups is 1. The highest BCUT2D eigenvalue weighted by molar-refractivity contribution is 7.81. The van der Waals surface area contributed by atoms with E-state index < -0.39 is 39.9 Å². The van der Waals surface area contributed by atoms with Gasteiger partial charge in [0.25, 0.3) is 11.8 Å². The molecule has 0 aliphatic carbocycles. The van der Waals surface area contributed by atoms with Crippen molar-refractivity contribution >= 4 is 74.8 Å². The van der Waals surface area contributed by atoms with Crippen LogP contribution in [0.2, 0.25) is 0 Å². The standard InChI is InChI=1S/C35H31ClF2N4O5S2/c1-35(2)28-20-26(49(46)47)16-17-29(28)40(19-5-18-39-31(43)21-36)30(35)7-4-3-6-27-32(44)41(24-12-8-22(37)9-13-24)34(48)42(33(27)45)25-14-10-23(38)11-15-25/h3-4,6-17,20H,5,18-19,21H2,1-2H3,(H,39,43)(H,46,47)/b4-3+,30-7+. The second-order valence-corrected chi connectivity index (χ2v) is 13.2. The number of benzene rings is 3. The van der Waals surface area contributed by atoms with E-state index in [2.05, 4.69) is 5.32 Å². The summed E-state index contributed by atoms with van der Waals surface area (Å²) < 4.78 is 49.1. The fraction of sp³-hybridized carbons (Fsp3) is 0.200. The summed E-state index contributed by atoms with van der Waals surface area (Å²) >= 11 is 8.97. The largest absolute Gasteiger partial charge is 0.355 e. The lowest BCUT2D eigenvalue weighted by atomic mass is 9.83. The average Bonchev–Trinajstić information content (AvgIpc) is 3.28. The van der Waals surface area contributed by atoms with Crippen molar-refractivity contribution in [2.75, 3.05) is 33.7 Å². The summed E-state index contributed by atoms with van der Waals surface area (Å²) in [6.07, 6.45) is 6.94. The van der Waals surface area contributed by atoms with Gasteiger partial charge in [-0.25, -0.2) is 13.0 Å². The quantitative estimate of drug-likeness (QED) is 0.0648. The van der Waals surface area contributed by atoms with E-state index in [-0.39, 0.29) is 38.7 Å². The van der Waals surface area contributed by atoms with Crippen LogP contribution in [0.3, 0.4) is 0 Å². The molecule has 2 N–H and O–H groups in total. The molecule has 3 amide bonds. The third-order valence-electron chi connectivity index (χ3n) is 8.11. The van der Waals surface area contributed by atoms with Crippen LogP contribution in [-0.4, -0.2) is 50.6 Å². The van der Waals surface area contributed by atoms with Crippen molar-refractivity contribution in [2.24, 2.45) is 0 Å². The van der Waals surface area contributed by atoms with Crippen molar-refractivity contribution < 1.29 is 31.9 Å². The van der Waals surface area contributed by atoms with E-state index in [0.717, 1.165) is 26.7 Å². The van der Waals surface area contributed by atoms with Crippen molar-refractivity contribution in [3.8, 4) is 0 Å². The molecule has 1 fully saturated rings. The van der Waals surface area contributed by atoms with Gasteiger partial charge in [0.15, 0.2) is 16.2 Å². The lowest BCUT2D eigenvalue weighted by molar-refractivity contribution is -0.121. The summed E-state index contributed by atoms with van der Waals surface area (Å²) in [4.78, 5) is 43.7. The van der Waals surface area contributed by atoms with E-state index in [9.17, 15) is 31.9 Å². The number of hydrogen-bond acceptors (Lipinski definition) is 6. The number of anilines is 3. The molecule has 1 saturated heterocycles. The van der Waals surface area contributed by atoms with Crippen LogP contribution < -0.4 is 20.0 Å². The molecule has 5 rings (SSSR count). The molecule has 0 saturated carbocycles. The first-order valence-electron chi connectivity index (χ1n) is 15.0. The van der Waals surface area contributed by atoms with Crippen LogP contribution in [0, 0.1) is 11.6 Å². The molecule has 3 aromatic rings. The molecule has 0 radical (unpaired) electrons. The minimum Gasteiger partial charge on any atom is -0.355 e. The molecule has 1 atom stereocenters. The van der Waals surface area contributed by atoms with Gasteiger partial charge in [-0.2, -0.15) is 0 Å². The van der Waals surface area contributed by atoms with Crippen LogP contribution in [0.25, 0.3) is 0 Å². The van der Waals surface area contributed by atoms with Crippen molar-refractivity contribution in [2.45, 2.75) is 30.6 Å². The number of nitrogens with one attached hydrogen (secondary N) is 1. The van der Waals surface area contributed by atoms with Gasteiger partial charge in [0.1, 0.15) is 23.1 Å². The Morgan fingerprint density at radius 2 is 1.49 bits per heavy atom. The van der Waals surface area contributed by atoms with Crippen molar-refractivity contribution in [3.05, 3.63) is 120 Å². The molecule has 0 bridgehead atoms. The first-order chi connectivity index (χ1) is 23.3. The number of rotatable bonds is 10. The van der Waals surface area contributed by atoms with E-state index in [1.807, 2.05) is 24.8 Å². The van der Waals surface area contributed by atoms with Crippen molar-refractivity contribution in [3.63, 3.8) is 0 Å². The highest BCUT2D eigenvalue weighted by Crippen LogP contribution is 2.48. The normalized spacial score (nSPS) is 17.3. The Hall–Kier alpha value is -4.56. The first kappa shape index (κ1) is 35.7. The number of carbonyl (C=O) groups is 3. The van der Waals surface area contributed by atoms with Gasteiger partial charge in [-0.1, -0.05) is 26.0 Å². The van der Waals surface area contributed by atoms with E-state index in [4.69, 9.17) is 23.8 Å². The van der Waals surface area contributed by atoms with Gasteiger partial charge < -0.3 is 14.8 Å². The highest BCUT2D eigenvalue weighted by atomic mass is 35.5. The molecule has 49 heavy (non-hydrogen) atoms. The molecule has 2 heterocycles. The maximum absolute atomic E-state index is 13.7. The first-order valence-corrected chi connectivity index (χ1v) is 17.1. The van der Waals surface area contributed by atoms with Crippen LogP contribution in [0.1, 0.15) is 25.8 Å². The third kappa shape index (κ3) is 7.39. The molecule has 1 unspecified atom stereocenters. The zero-order valence-corrected chi connectivity index (χ0v) is 28.7. The number of carbonyl (C=O) groups excluding carboxylic acids is 3. The van der Waals surface area contributed by atoms with Crippen molar-refractivity contribution in [1.82, 2.24) is 5.32 Å². The van der Waals surface area contributed by atoms with Crippen LogP contribution in [0.5, 0.6) is 0 Å². The monoisotopic (exact) mass is 724 g/mol. The minimum atomic E-state index is -2.18. The molecule has 0 aromatic heterocycles. The lowest BCUT2D eigenvalue weighted by Gasteiger charge is -2.36. The number of amides is 3. The zero-order chi connectivity index (χ0) is 35.5. The molecule has 2 aliphatic heterocycles. The summed E-state index contributed by atoms with van der Waals surface area (Å²) in [5.41, 5.74) is 2.09. The molecular weight excluding hydrogens is 694 g/mol. The van der Waals surface area contributed by atoms with Crippen LogP contribution in [0.15, 0.2) is 107 Å². The fourth-order valence-corrected chi connectivity index (χ4v) is 6.57. The molecule has 3 aromatic carbocycles. The van der Waals surface area contributed by atoms with Crippen molar-refractivity contribution in [1.29, 1.82) is 0 Å². The van der Waals surface area contributed by atoms with Gasteiger partial charge >= 0.3 is 0 Å². The summed E-state index contributed by atoms with van der Waals surface area (Å²) in [6, 6.07) is 15.2. The van der Waals surface area contributed by atoms with Gasteiger partial charge in [-0.3, -0.25) is 24.2 Å². The Morgan fingerprint density at radius 3 is 2.02 bits per heavy atom. The van der Waals surface area contributed by atoms with Crippen LogP contribution in [0.4, 0.5) is 25.8 Å². The van der Waals surface area contributed by atoms with Crippen LogP contribution in [-0.2, 0) is 30.9 Å². The maximum atomic E-state index is 13.7. The molecule has 254 valence electrons. The smallest absolute Gasteiger partial charge is 0.270 e. The minimum absolute atomic E-state index is 0.147. The topological polar surface area (TPSA) is 110 Å². The predicted octanol–water partition coefficient (Wildman–Crippen LogP) is 6.12. The molecule has 0 spiro atoms. The molecular formula is C35H31ClF2N4O5S2. The predicted molar refractivity (Wildman–Crippen MR) is 190 cm³/mol. The number of hydrogen-bond donors (Lipinski definition) is 2. The third-order valence-corrected chi connectivity index (χ3v) is 9.38. The van der Waals surface area contributed by atoms with Crippen LogP contribution >= 0.6 is 23.8 Å². The Kier molecular flexibility index (Phi) is 10.9. The zero-order valence-electron chi connectivity index (χ0n) is 26.4.